The lowest BCUT2D eigenvalue weighted by Crippen LogP contribution is -2.11. The van der Waals surface area contributed by atoms with Crippen LogP contribution < -0.4 is 15.4 Å². The maximum Gasteiger partial charge on any atom is 0.248 e. The number of nitrogens with zero attached hydrogens (tertiary/aromatic N) is 1. The minimum absolute atomic E-state index is 0.0360. The van der Waals surface area contributed by atoms with Crippen LogP contribution in [-0.2, 0) is 9.59 Å². The average molecular weight is 353 g/mol. The first-order valence-electron chi connectivity index (χ1n) is 7.64. The maximum atomic E-state index is 13.8. The van der Waals surface area contributed by atoms with E-state index in [-0.39, 0.29) is 18.2 Å². The number of halogens is 1. The number of benzene rings is 2. The summed E-state index contributed by atoms with van der Waals surface area (Å²) in [5.41, 5.74) is 1.08. The molecule has 0 aromatic heterocycles. The lowest BCUT2D eigenvalue weighted by Gasteiger charge is -2.07. The first-order valence-corrected chi connectivity index (χ1v) is 7.64. The van der Waals surface area contributed by atoms with Crippen molar-refractivity contribution in [3.8, 4) is 11.8 Å². The van der Waals surface area contributed by atoms with Gasteiger partial charge in [0.1, 0.15) is 17.6 Å². The van der Waals surface area contributed by atoms with Gasteiger partial charge in [-0.2, -0.15) is 5.26 Å². The highest BCUT2D eigenvalue weighted by Gasteiger charge is 2.07. The van der Waals surface area contributed by atoms with Gasteiger partial charge in [-0.05, 0) is 42.0 Å². The van der Waals surface area contributed by atoms with E-state index in [1.54, 1.807) is 30.3 Å². The van der Waals surface area contributed by atoms with Crippen LogP contribution in [0.2, 0.25) is 0 Å². The molecule has 0 saturated heterocycles. The summed E-state index contributed by atoms with van der Waals surface area (Å²) in [5, 5.41) is 13.4. The Hall–Kier alpha value is -3.66. The SMILES string of the molecule is CC(=O)Nc1ccc(F)c(NC(=O)/C=C/c2ccc(OCC#N)cc2)c1. The van der Waals surface area contributed by atoms with Crippen LogP contribution in [0.4, 0.5) is 15.8 Å². The summed E-state index contributed by atoms with van der Waals surface area (Å²) in [6.07, 6.45) is 2.81. The molecule has 0 saturated carbocycles. The molecule has 0 spiro atoms. The van der Waals surface area contributed by atoms with Crippen LogP contribution in [0.3, 0.4) is 0 Å². The second kappa shape index (κ2) is 8.99. The molecule has 26 heavy (non-hydrogen) atoms. The molecule has 0 unspecified atom stereocenters. The van der Waals surface area contributed by atoms with Crippen molar-refractivity contribution < 1.29 is 18.7 Å². The molecule has 0 bridgehead atoms. The van der Waals surface area contributed by atoms with Crippen molar-refractivity contribution in [1.82, 2.24) is 0 Å². The molecule has 0 aliphatic rings. The highest BCUT2D eigenvalue weighted by molar-refractivity contribution is 6.02. The van der Waals surface area contributed by atoms with Crippen LogP contribution in [0.25, 0.3) is 6.08 Å². The second-order valence-electron chi connectivity index (χ2n) is 5.21. The highest BCUT2D eigenvalue weighted by atomic mass is 19.1. The minimum Gasteiger partial charge on any atom is -0.479 e. The average Bonchev–Trinajstić information content (AvgIpc) is 2.61. The summed E-state index contributed by atoms with van der Waals surface area (Å²) >= 11 is 0. The van der Waals surface area contributed by atoms with Crippen molar-refractivity contribution in [3.63, 3.8) is 0 Å². The Bertz CT molecular complexity index is 871. The fourth-order valence-corrected chi connectivity index (χ4v) is 2.04. The van der Waals surface area contributed by atoms with Crippen LogP contribution in [0.1, 0.15) is 12.5 Å². The number of carbonyl (C=O) groups is 2. The summed E-state index contributed by atoms with van der Waals surface area (Å²) in [6.45, 7) is 1.29. The van der Waals surface area contributed by atoms with E-state index < -0.39 is 11.7 Å². The molecule has 7 heteroatoms. The molecule has 0 radical (unpaired) electrons. The van der Waals surface area contributed by atoms with E-state index in [1.165, 1.54) is 25.1 Å². The number of carbonyl (C=O) groups excluding carboxylic acids is 2. The Kier molecular flexibility index (Phi) is 6.46. The normalized spacial score (nSPS) is 10.2. The van der Waals surface area contributed by atoms with Gasteiger partial charge in [-0.3, -0.25) is 9.59 Å². The van der Waals surface area contributed by atoms with Crippen molar-refractivity contribution in [1.29, 1.82) is 5.26 Å². The summed E-state index contributed by atoms with van der Waals surface area (Å²) < 4.78 is 18.9. The molecule has 0 aliphatic carbocycles. The highest BCUT2D eigenvalue weighted by Crippen LogP contribution is 2.20. The number of nitriles is 1. The lowest BCUT2D eigenvalue weighted by atomic mass is 10.2. The third kappa shape index (κ3) is 5.76. The standard InChI is InChI=1S/C19H16FN3O3/c1-13(24)22-15-5-8-17(20)18(12-15)23-19(25)9-4-14-2-6-16(7-3-14)26-11-10-21/h2-9,12H,11H2,1H3,(H,22,24)(H,23,25)/b9-4+. The summed E-state index contributed by atoms with van der Waals surface area (Å²) in [5.74, 6) is -0.880. The second-order valence-corrected chi connectivity index (χ2v) is 5.21. The molecule has 2 aromatic carbocycles. The van der Waals surface area contributed by atoms with Crippen molar-refractivity contribution >= 4 is 29.3 Å². The van der Waals surface area contributed by atoms with Gasteiger partial charge >= 0.3 is 0 Å². The number of ether oxygens (including phenoxy) is 1. The third-order valence-corrected chi connectivity index (χ3v) is 3.16. The third-order valence-electron chi connectivity index (χ3n) is 3.16. The summed E-state index contributed by atoms with van der Waals surface area (Å²) in [7, 11) is 0. The van der Waals surface area contributed by atoms with Gasteiger partial charge in [-0.1, -0.05) is 12.1 Å². The molecule has 2 amide bonds. The molecule has 0 heterocycles. The van der Waals surface area contributed by atoms with Gasteiger partial charge in [-0.25, -0.2) is 4.39 Å². The van der Waals surface area contributed by atoms with E-state index >= 15 is 0 Å². The van der Waals surface area contributed by atoms with E-state index in [9.17, 15) is 14.0 Å². The van der Waals surface area contributed by atoms with E-state index in [4.69, 9.17) is 10.00 Å². The molecular weight excluding hydrogens is 337 g/mol. The van der Waals surface area contributed by atoms with E-state index in [0.29, 0.717) is 11.4 Å². The van der Waals surface area contributed by atoms with E-state index in [1.807, 2.05) is 6.07 Å². The van der Waals surface area contributed by atoms with Crippen LogP contribution in [0.5, 0.6) is 5.75 Å². The number of rotatable bonds is 6. The first kappa shape index (κ1) is 18.7. The zero-order chi connectivity index (χ0) is 18.9. The van der Waals surface area contributed by atoms with E-state index in [2.05, 4.69) is 10.6 Å². The number of anilines is 2. The van der Waals surface area contributed by atoms with Gasteiger partial charge in [0, 0.05) is 18.7 Å². The molecule has 0 atom stereocenters. The number of amides is 2. The maximum absolute atomic E-state index is 13.8. The Labute approximate surface area is 149 Å². The van der Waals surface area contributed by atoms with Crippen molar-refractivity contribution in [3.05, 3.63) is 59.9 Å². The van der Waals surface area contributed by atoms with E-state index in [0.717, 1.165) is 11.6 Å². The summed E-state index contributed by atoms with van der Waals surface area (Å²) in [6, 6.07) is 12.5. The minimum atomic E-state index is -0.611. The van der Waals surface area contributed by atoms with Crippen molar-refractivity contribution in [2.45, 2.75) is 6.92 Å². The fraction of sp³-hybridized carbons (Fsp3) is 0.105. The Balaban J connectivity index is 2.00. The van der Waals surface area contributed by atoms with Crippen molar-refractivity contribution in [2.75, 3.05) is 17.2 Å². The molecule has 0 fully saturated rings. The molecule has 2 rings (SSSR count). The van der Waals surface area contributed by atoms with Crippen molar-refractivity contribution in [2.24, 2.45) is 0 Å². The fourth-order valence-electron chi connectivity index (χ4n) is 2.04. The van der Waals surface area contributed by atoms with Gasteiger partial charge in [0.2, 0.25) is 11.8 Å². The summed E-state index contributed by atoms with van der Waals surface area (Å²) in [4.78, 5) is 23.0. The number of hydrogen-bond donors (Lipinski definition) is 2. The Morgan fingerprint density at radius 2 is 1.92 bits per heavy atom. The van der Waals surface area contributed by atoms with Crippen LogP contribution in [0.15, 0.2) is 48.5 Å². The lowest BCUT2D eigenvalue weighted by molar-refractivity contribution is -0.114. The van der Waals surface area contributed by atoms with Crippen LogP contribution in [-0.4, -0.2) is 18.4 Å². The van der Waals surface area contributed by atoms with Gasteiger partial charge in [0.15, 0.2) is 6.61 Å². The Morgan fingerprint density at radius 3 is 2.58 bits per heavy atom. The van der Waals surface area contributed by atoms with Gasteiger partial charge in [-0.15, -0.1) is 0 Å². The molecule has 0 aliphatic heterocycles. The van der Waals surface area contributed by atoms with Gasteiger partial charge in [0.05, 0.1) is 5.69 Å². The molecular formula is C19H16FN3O3. The zero-order valence-electron chi connectivity index (χ0n) is 14.0. The topological polar surface area (TPSA) is 91.2 Å². The number of nitrogens with one attached hydrogen (secondary N) is 2. The largest absolute Gasteiger partial charge is 0.479 e. The quantitative estimate of drug-likeness (QED) is 0.779. The monoisotopic (exact) mass is 353 g/mol. The van der Waals surface area contributed by atoms with Gasteiger partial charge in [0.25, 0.3) is 0 Å². The van der Waals surface area contributed by atoms with Crippen LogP contribution in [0, 0.1) is 17.1 Å². The number of hydrogen-bond acceptors (Lipinski definition) is 4. The van der Waals surface area contributed by atoms with Gasteiger partial charge < -0.3 is 15.4 Å². The molecule has 2 N–H and O–H groups in total. The molecule has 2 aromatic rings. The molecule has 132 valence electrons. The predicted octanol–water partition coefficient (Wildman–Crippen LogP) is 3.34. The molecule has 6 nitrogen and oxygen atoms in total. The predicted molar refractivity (Wildman–Crippen MR) is 95.9 cm³/mol. The Morgan fingerprint density at radius 1 is 1.19 bits per heavy atom. The zero-order valence-corrected chi connectivity index (χ0v) is 14.0. The smallest absolute Gasteiger partial charge is 0.248 e. The van der Waals surface area contributed by atoms with Crippen LogP contribution >= 0.6 is 0 Å². The first-order chi connectivity index (χ1) is 12.5.